The number of hydrogen-bond acceptors (Lipinski definition) is 6. The van der Waals surface area contributed by atoms with E-state index in [1.807, 2.05) is 0 Å². The average molecular weight is 326 g/mol. The summed E-state index contributed by atoms with van der Waals surface area (Å²) in [5, 5.41) is 12.2. The lowest BCUT2D eigenvalue weighted by Gasteiger charge is -2.34. The topological polar surface area (TPSA) is 84.2 Å². The maximum Gasteiger partial charge on any atom is 0.233 e. The lowest BCUT2D eigenvalue weighted by atomic mass is 10.2. The summed E-state index contributed by atoms with van der Waals surface area (Å²) in [6.45, 7) is 8.88. The Balaban J connectivity index is 1.81. The van der Waals surface area contributed by atoms with Gasteiger partial charge in [0.05, 0.1) is 5.75 Å². The number of nitrogens with zero attached hydrogens (tertiary/aromatic N) is 6. The number of hydrogen-bond donors (Lipinski definition) is 0. The highest BCUT2D eigenvalue weighted by atomic mass is 32.2. The number of piperazine rings is 1. The van der Waals surface area contributed by atoms with Crippen LogP contribution in [0, 0.1) is 5.92 Å². The van der Waals surface area contributed by atoms with Gasteiger partial charge in [0.1, 0.15) is 0 Å². The molecule has 1 aliphatic rings. The maximum atomic E-state index is 12.2. The summed E-state index contributed by atoms with van der Waals surface area (Å²) in [6.07, 6.45) is 0. The van der Waals surface area contributed by atoms with Crippen LogP contribution in [0.2, 0.25) is 0 Å². The van der Waals surface area contributed by atoms with Crippen LogP contribution in [-0.4, -0.2) is 73.8 Å². The zero-order valence-corrected chi connectivity index (χ0v) is 14.0. The molecule has 122 valence electrons. The molecule has 1 aliphatic heterocycles. The lowest BCUT2D eigenvalue weighted by Crippen LogP contribution is -2.50. The fourth-order valence-corrected chi connectivity index (χ4v) is 3.04. The second kappa shape index (κ2) is 7.57. The molecule has 0 unspecified atom stereocenters. The molecule has 0 saturated carbocycles. The van der Waals surface area contributed by atoms with Gasteiger partial charge in [-0.1, -0.05) is 25.6 Å². The smallest absolute Gasteiger partial charge is 0.233 e. The maximum absolute atomic E-state index is 12.2. The Morgan fingerprint density at radius 3 is 2.41 bits per heavy atom. The van der Waals surface area contributed by atoms with Crippen molar-refractivity contribution in [2.75, 3.05) is 31.9 Å². The summed E-state index contributed by atoms with van der Waals surface area (Å²) in [6, 6.07) is 0. The minimum absolute atomic E-state index is 0.0623. The van der Waals surface area contributed by atoms with Crippen LogP contribution in [0.4, 0.5) is 0 Å². The Morgan fingerprint density at radius 2 is 1.82 bits per heavy atom. The third kappa shape index (κ3) is 4.43. The number of carbonyl (C=O) groups is 2. The van der Waals surface area contributed by atoms with Gasteiger partial charge >= 0.3 is 0 Å². The highest BCUT2D eigenvalue weighted by molar-refractivity contribution is 7.99. The second-order valence-corrected chi connectivity index (χ2v) is 6.66. The van der Waals surface area contributed by atoms with Gasteiger partial charge in [-0.05, 0) is 16.3 Å². The predicted octanol–water partition coefficient (Wildman–Crippen LogP) is 0.112. The van der Waals surface area contributed by atoms with E-state index >= 15 is 0 Å². The number of aromatic nitrogens is 4. The van der Waals surface area contributed by atoms with E-state index < -0.39 is 0 Å². The normalized spacial score (nSPS) is 15.5. The molecule has 2 heterocycles. The Hall–Kier alpha value is -1.64. The minimum Gasteiger partial charge on any atom is -0.339 e. The first-order chi connectivity index (χ1) is 10.5. The molecule has 1 fully saturated rings. The Labute approximate surface area is 134 Å². The molecule has 0 aromatic carbocycles. The van der Waals surface area contributed by atoms with E-state index in [4.69, 9.17) is 0 Å². The van der Waals surface area contributed by atoms with Crippen molar-refractivity contribution in [1.82, 2.24) is 30.0 Å². The van der Waals surface area contributed by atoms with Gasteiger partial charge in [0.2, 0.25) is 17.0 Å². The molecule has 0 N–H and O–H groups in total. The van der Waals surface area contributed by atoms with Crippen LogP contribution in [0.25, 0.3) is 0 Å². The fraction of sp³-hybridized carbons (Fsp3) is 0.769. The van der Waals surface area contributed by atoms with Crippen LogP contribution in [-0.2, 0) is 16.1 Å². The highest BCUT2D eigenvalue weighted by Crippen LogP contribution is 2.16. The predicted molar refractivity (Wildman–Crippen MR) is 82.2 cm³/mol. The summed E-state index contributed by atoms with van der Waals surface area (Å²) in [5.74, 6) is 0.887. The summed E-state index contributed by atoms with van der Waals surface area (Å²) in [7, 11) is 0. The first-order valence-electron chi connectivity index (χ1n) is 7.39. The van der Waals surface area contributed by atoms with Crippen LogP contribution in [0.5, 0.6) is 0 Å². The van der Waals surface area contributed by atoms with Gasteiger partial charge in [-0.15, -0.1) is 5.10 Å². The number of amides is 2. The van der Waals surface area contributed by atoms with Gasteiger partial charge in [-0.2, -0.15) is 0 Å². The molecular weight excluding hydrogens is 304 g/mol. The van der Waals surface area contributed by atoms with Gasteiger partial charge in [0, 0.05) is 39.6 Å². The van der Waals surface area contributed by atoms with Crippen molar-refractivity contribution >= 4 is 23.6 Å². The average Bonchev–Trinajstić information content (AvgIpc) is 2.91. The quantitative estimate of drug-likeness (QED) is 0.714. The Morgan fingerprint density at radius 1 is 1.18 bits per heavy atom. The van der Waals surface area contributed by atoms with Crippen molar-refractivity contribution < 1.29 is 9.59 Å². The van der Waals surface area contributed by atoms with Crippen LogP contribution < -0.4 is 0 Å². The number of tetrazole rings is 1. The highest BCUT2D eigenvalue weighted by Gasteiger charge is 2.22. The van der Waals surface area contributed by atoms with E-state index in [2.05, 4.69) is 29.4 Å². The SMILES string of the molecule is CC(=O)N1CCN(C(=O)CSc2nnnn2CC(C)C)CC1. The summed E-state index contributed by atoms with van der Waals surface area (Å²) >= 11 is 1.36. The largest absolute Gasteiger partial charge is 0.339 e. The van der Waals surface area contributed by atoms with Gasteiger partial charge in [0.15, 0.2) is 0 Å². The van der Waals surface area contributed by atoms with E-state index in [0.29, 0.717) is 43.0 Å². The molecule has 0 radical (unpaired) electrons. The van der Waals surface area contributed by atoms with E-state index in [9.17, 15) is 9.59 Å². The van der Waals surface area contributed by atoms with E-state index in [-0.39, 0.29) is 11.8 Å². The van der Waals surface area contributed by atoms with Gasteiger partial charge < -0.3 is 9.80 Å². The third-order valence-corrected chi connectivity index (χ3v) is 4.38. The summed E-state index contributed by atoms with van der Waals surface area (Å²) < 4.78 is 1.73. The van der Waals surface area contributed by atoms with E-state index in [1.165, 1.54) is 11.8 Å². The molecule has 2 rings (SSSR count). The Bertz CT molecular complexity index is 524. The van der Waals surface area contributed by atoms with Crippen LogP contribution in [0.15, 0.2) is 5.16 Å². The molecule has 9 heteroatoms. The Kier molecular flexibility index (Phi) is 5.76. The van der Waals surface area contributed by atoms with Gasteiger partial charge in [-0.3, -0.25) is 9.59 Å². The first kappa shape index (κ1) is 16.7. The van der Waals surface area contributed by atoms with E-state index in [0.717, 1.165) is 6.54 Å². The standard InChI is InChI=1S/C13H22N6O2S/c1-10(2)8-19-13(14-15-16-19)22-9-12(21)18-6-4-17(5-7-18)11(3)20/h10H,4-9H2,1-3H3. The molecule has 1 aromatic heterocycles. The molecule has 22 heavy (non-hydrogen) atoms. The van der Waals surface area contributed by atoms with Crippen LogP contribution in [0.3, 0.4) is 0 Å². The molecule has 0 atom stereocenters. The van der Waals surface area contributed by atoms with Crippen molar-refractivity contribution in [3.8, 4) is 0 Å². The number of carbonyl (C=O) groups excluding carboxylic acids is 2. The summed E-state index contributed by atoms with van der Waals surface area (Å²) in [5.41, 5.74) is 0. The lowest BCUT2D eigenvalue weighted by molar-refractivity contribution is -0.136. The molecule has 8 nitrogen and oxygen atoms in total. The molecule has 0 spiro atoms. The minimum atomic E-state index is 0.0623. The second-order valence-electron chi connectivity index (χ2n) is 5.71. The van der Waals surface area contributed by atoms with Crippen molar-refractivity contribution in [3.63, 3.8) is 0 Å². The zero-order valence-electron chi connectivity index (χ0n) is 13.2. The van der Waals surface area contributed by atoms with Gasteiger partial charge in [-0.25, -0.2) is 4.68 Å². The van der Waals surface area contributed by atoms with Crippen molar-refractivity contribution in [2.24, 2.45) is 5.92 Å². The van der Waals surface area contributed by atoms with Crippen molar-refractivity contribution in [3.05, 3.63) is 0 Å². The molecule has 0 aliphatic carbocycles. The number of thioether (sulfide) groups is 1. The number of rotatable bonds is 5. The molecule has 0 bridgehead atoms. The monoisotopic (exact) mass is 326 g/mol. The fourth-order valence-electron chi connectivity index (χ4n) is 2.25. The molecule has 1 saturated heterocycles. The molecule has 2 amide bonds. The van der Waals surface area contributed by atoms with E-state index in [1.54, 1.807) is 21.4 Å². The third-order valence-electron chi connectivity index (χ3n) is 3.44. The van der Waals surface area contributed by atoms with Crippen LogP contribution >= 0.6 is 11.8 Å². The van der Waals surface area contributed by atoms with Crippen molar-refractivity contribution in [1.29, 1.82) is 0 Å². The van der Waals surface area contributed by atoms with Gasteiger partial charge in [0.25, 0.3) is 0 Å². The zero-order chi connectivity index (χ0) is 16.1. The molecule has 1 aromatic rings. The molecular formula is C13H22N6O2S. The first-order valence-corrected chi connectivity index (χ1v) is 8.38. The van der Waals surface area contributed by atoms with Crippen molar-refractivity contribution in [2.45, 2.75) is 32.5 Å². The van der Waals surface area contributed by atoms with Crippen LogP contribution in [0.1, 0.15) is 20.8 Å². The summed E-state index contributed by atoms with van der Waals surface area (Å²) in [4.78, 5) is 27.1.